The highest BCUT2D eigenvalue weighted by Crippen LogP contribution is 2.38. The fourth-order valence-corrected chi connectivity index (χ4v) is 4.10. The number of nitrogens with one attached hydrogen (secondary N) is 1. The fraction of sp³-hybridized carbons (Fsp3) is 0.185. The number of carbonyl (C=O) groups is 2. The van der Waals surface area contributed by atoms with Crippen molar-refractivity contribution in [1.29, 1.82) is 0 Å². The minimum Gasteiger partial charge on any atom is -0.386 e. The summed E-state index contributed by atoms with van der Waals surface area (Å²) < 4.78 is 0. The normalized spacial score (nSPS) is 12.0. The van der Waals surface area contributed by atoms with E-state index in [-0.39, 0.29) is 5.91 Å². The molecule has 33 heavy (non-hydrogen) atoms. The molecule has 0 saturated heterocycles. The Balaban J connectivity index is 1.97. The van der Waals surface area contributed by atoms with Gasteiger partial charge in [0.2, 0.25) is 5.91 Å². The number of anilines is 1. The van der Waals surface area contributed by atoms with Crippen molar-refractivity contribution >= 4 is 39.3 Å². The molecule has 6 heteroatoms. The second-order valence-corrected chi connectivity index (χ2v) is 8.67. The van der Waals surface area contributed by atoms with Crippen LogP contribution in [0.1, 0.15) is 36.7 Å². The number of allylic oxidation sites excluding steroid dienone is 1. The van der Waals surface area contributed by atoms with E-state index < -0.39 is 11.5 Å². The van der Waals surface area contributed by atoms with Crippen LogP contribution < -0.4 is 10.6 Å². The molecule has 0 bridgehead atoms. The van der Waals surface area contributed by atoms with Crippen molar-refractivity contribution in [3.8, 4) is 11.1 Å². The highest BCUT2D eigenvalue weighted by atomic mass is 16.3. The Hall–Kier alpha value is -3.90. The standard InChI is InChI=1S/C27H27N3O3/c1-5-7-23(31)30(4)18-9-6-8-16(14-18)19-12-13-21(26(28)32)25-24(19)20-11-10-17(27(2,3)33)15-22(20)29-25/h5-15,29,33H,1-4H3,(H2,28,32)/b7-5+. The van der Waals surface area contributed by atoms with Crippen molar-refractivity contribution in [3.63, 3.8) is 0 Å². The average Bonchev–Trinajstić information content (AvgIpc) is 3.16. The van der Waals surface area contributed by atoms with Crippen LogP contribution in [0.5, 0.6) is 0 Å². The van der Waals surface area contributed by atoms with Gasteiger partial charge in [0.1, 0.15) is 0 Å². The highest BCUT2D eigenvalue weighted by molar-refractivity contribution is 6.20. The molecule has 0 aliphatic rings. The van der Waals surface area contributed by atoms with Gasteiger partial charge in [-0.2, -0.15) is 0 Å². The molecule has 4 aromatic rings. The van der Waals surface area contributed by atoms with Crippen LogP contribution >= 0.6 is 0 Å². The van der Waals surface area contributed by atoms with Crippen LogP contribution in [0.15, 0.2) is 66.7 Å². The third-order valence-electron chi connectivity index (χ3n) is 5.91. The Kier molecular flexibility index (Phi) is 5.56. The molecular formula is C27H27N3O3. The Morgan fingerprint density at radius 3 is 2.52 bits per heavy atom. The molecule has 0 aliphatic carbocycles. The zero-order valence-corrected chi connectivity index (χ0v) is 19.1. The maximum Gasteiger partial charge on any atom is 0.250 e. The summed E-state index contributed by atoms with van der Waals surface area (Å²) in [4.78, 5) is 29.4. The first-order chi connectivity index (χ1) is 15.6. The summed E-state index contributed by atoms with van der Waals surface area (Å²) in [7, 11) is 1.73. The predicted octanol–water partition coefficient (Wildman–Crippen LogP) is 4.85. The van der Waals surface area contributed by atoms with Crippen LogP contribution in [0.4, 0.5) is 5.69 Å². The number of aromatic nitrogens is 1. The Labute approximate surface area is 192 Å². The Morgan fingerprint density at radius 1 is 1.09 bits per heavy atom. The van der Waals surface area contributed by atoms with Gasteiger partial charge in [-0.05, 0) is 67.8 Å². The predicted molar refractivity (Wildman–Crippen MR) is 133 cm³/mol. The SMILES string of the molecule is C/C=C/C(=O)N(C)c1cccc(-c2ccc(C(N)=O)c3[nH]c4cc(C(C)(C)O)ccc4c23)c1. The molecule has 0 spiro atoms. The molecule has 6 nitrogen and oxygen atoms in total. The van der Waals surface area contributed by atoms with E-state index in [2.05, 4.69) is 4.98 Å². The number of benzene rings is 3. The van der Waals surface area contributed by atoms with Gasteiger partial charge in [-0.15, -0.1) is 0 Å². The van der Waals surface area contributed by atoms with Crippen LogP contribution in [0.3, 0.4) is 0 Å². The fourth-order valence-electron chi connectivity index (χ4n) is 4.10. The van der Waals surface area contributed by atoms with Crippen LogP contribution in [0.25, 0.3) is 32.9 Å². The zero-order chi connectivity index (χ0) is 23.9. The average molecular weight is 442 g/mol. The number of likely N-dealkylation sites (N-methyl/N-ethyl adjacent to an activating group) is 1. The second kappa shape index (κ2) is 8.22. The molecule has 3 aromatic carbocycles. The molecule has 0 unspecified atom stereocenters. The number of rotatable bonds is 5. The lowest BCUT2D eigenvalue weighted by Crippen LogP contribution is -2.23. The van der Waals surface area contributed by atoms with Crippen molar-refractivity contribution in [1.82, 2.24) is 4.98 Å². The molecule has 0 aliphatic heterocycles. The quantitative estimate of drug-likeness (QED) is 0.386. The number of aromatic amines is 1. The summed E-state index contributed by atoms with van der Waals surface area (Å²) in [5.74, 6) is -0.638. The first-order valence-electron chi connectivity index (χ1n) is 10.7. The van der Waals surface area contributed by atoms with Gasteiger partial charge in [0.25, 0.3) is 5.91 Å². The largest absolute Gasteiger partial charge is 0.386 e. The van der Waals surface area contributed by atoms with Crippen LogP contribution in [0.2, 0.25) is 0 Å². The number of primary amides is 1. The number of aliphatic hydroxyl groups is 1. The molecule has 0 saturated carbocycles. The lowest BCUT2D eigenvalue weighted by Gasteiger charge is -2.17. The maximum absolute atomic E-state index is 12.3. The number of hydrogen-bond donors (Lipinski definition) is 3. The molecule has 168 valence electrons. The summed E-state index contributed by atoms with van der Waals surface area (Å²) in [5.41, 5.74) is 9.83. The number of nitrogens with two attached hydrogens (primary N) is 1. The zero-order valence-electron chi connectivity index (χ0n) is 19.1. The van der Waals surface area contributed by atoms with E-state index in [1.807, 2.05) is 48.5 Å². The van der Waals surface area contributed by atoms with Gasteiger partial charge in [-0.25, -0.2) is 0 Å². The smallest absolute Gasteiger partial charge is 0.250 e. The van der Waals surface area contributed by atoms with Crippen LogP contribution in [0, 0.1) is 0 Å². The minimum atomic E-state index is -1.00. The van der Waals surface area contributed by atoms with E-state index in [1.54, 1.807) is 44.9 Å². The molecule has 4 N–H and O–H groups in total. The maximum atomic E-state index is 12.3. The third-order valence-corrected chi connectivity index (χ3v) is 5.91. The highest BCUT2D eigenvalue weighted by Gasteiger charge is 2.20. The Morgan fingerprint density at radius 2 is 1.85 bits per heavy atom. The Bertz CT molecular complexity index is 1420. The molecule has 0 radical (unpaired) electrons. The summed E-state index contributed by atoms with van der Waals surface area (Å²) in [6.45, 7) is 5.27. The summed E-state index contributed by atoms with van der Waals surface area (Å²) in [6, 6.07) is 17.0. The molecule has 1 heterocycles. The van der Waals surface area contributed by atoms with Gasteiger partial charge < -0.3 is 20.7 Å². The van der Waals surface area contributed by atoms with E-state index in [0.29, 0.717) is 11.1 Å². The van der Waals surface area contributed by atoms with Gasteiger partial charge >= 0.3 is 0 Å². The monoisotopic (exact) mass is 441 g/mol. The lowest BCUT2D eigenvalue weighted by molar-refractivity contribution is -0.113. The first-order valence-corrected chi connectivity index (χ1v) is 10.7. The van der Waals surface area contributed by atoms with Crippen molar-refractivity contribution in [2.75, 3.05) is 11.9 Å². The van der Waals surface area contributed by atoms with Gasteiger partial charge in [0.05, 0.1) is 16.7 Å². The molecule has 1 aromatic heterocycles. The van der Waals surface area contributed by atoms with Crippen molar-refractivity contribution in [2.24, 2.45) is 5.73 Å². The number of carbonyl (C=O) groups excluding carboxylic acids is 2. The third kappa shape index (κ3) is 4.01. The van der Waals surface area contributed by atoms with E-state index in [4.69, 9.17) is 5.73 Å². The summed E-state index contributed by atoms with van der Waals surface area (Å²) in [5, 5.41) is 12.2. The molecule has 2 amide bonds. The molecule has 0 atom stereocenters. The van der Waals surface area contributed by atoms with E-state index in [1.165, 1.54) is 6.08 Å². The topological polar surface area (TPSA) is 99.4 Å². The van der Waals surface area contributed by atoms with Gasteiger partial charge in [0.15, 0.2) is 0 Å². The van der Waals surface area contributed by atoms with Crippen molar-refractivity contribution in [2.45, 2.75) is 26.4 Å². The van der Waals surface area contributed by atoms with E-state index >= 15 is 0 Å². The van der Waals surface area contributed by atoms with Gasteiger partial charge in [-0.1, -0.05) is 36.4 Å². The molecule has 4 rings (SSSR count). The number of hydrogen-bond acceptors (Lipinski definition) is 3. The number of fused-ring (bicyclic) bond motifs is 3. The van der Waals surface area contributed by atoms with Gasteiger partial charge in [0, 0.05) is 29.0 Å². The lowest BCUT2D eigenvalue weighted by atomic mass is 9.94. The second-order valence-electron chi connectivity index (χ2n) is 8.67. The van der Waals surface area contributed by atoms with Crippen LogP contribution in [-0.2, 0) is 10.4 Å². The van der Waals surface area contributed by atoms with Crippen molar-refractivity contribution in [3.05, 3.63) is 77.9 Å². The first kappa shape index (κ1) is 22.3. The van der Waals surface area contributed by atoms with Crippen molar-refractivity contribution < 1.29 is 14.7 Å². The number of nitrogens with zero attached hydrogens (tertiary/aromatic N) is 1. The van der Waals surface area contributed by atoms with Crippen LogP contribution in [-0.4, -0.2) is 29.0 Å². The molecule has 0 fully saturated rings. The van der Waals surface area contributed by atoms with E-state index in [9.17, 15) is 14.7 Å². The summed E-state index contributed by atoms with van der Waals surface area (Å²) >= 11 is 0. The number of H-pyrrole nitrogens is 1. The molecular weight excluding hydrogens is 414 g/mol. The minimum absolute atomic E-state index is 0.116. The summed E-state index contributed by atoms with van der Waals surface area (Å²) in [6.07, 6.45) is 3.23. The van der Waals surface area contributed by atoms with E-state index in [0.717, 1.165) is 38.7 Å². The van der Waals surface area contributed by atoms with Gasteiger partial charge in [-0.3, -0.25) is 9.59 Å². The number of amides is 2.